The number of hydrogen-bond acceptors (Lipinski definition) is 7. The summed E-state index contributed by atoms with van der Waals surface area (Å²) >= 11 is 0. The largest absolute Gasteiger partial charge is 0.508 e. The molecule has 1 rings (SSSR count). The van der Waals surface area contributed by atoms with Crippen LogP contribution in [0.1, 0.15) is 206 Å². The fourth-order valence-electron chi connectivity index (χ4n) is 7.07. The number of allylic oxidation sites excluding steroid dienone is 5. The van der Waals surface area contributed by atoms with E-state index < -0.39 is 6.16 Å². The summed E-state index contributed by atoms with van der Waals surface area (Å²) in [6.45, 7) is 7.82. The van der Waals surface area contributed by atoms with Crippen molar-refractivity contribution in [2.24, 2.45) is 0 Å². The molecule has 0 saturated carbocycles. The number of ether oxygens (including phenoxy) is 5. The summed E-state index contributed by atoms with van der Waals surface area (Å²) in [5, 5.41) is 0. The second-order valence-corrected chi connectivity index (χ2v) is 16.5. The minimum absolute atomic E-state index is 0.000321. The molecule has 0 aliphatic carbocycles. The van der Waals surface area contributed by atoms with E-state index in [2.05, 4.69) is 55.2 Å². The van der Waals surface area contributed by atoms with E-state index in [4.69, 9.17) is 23.7 Å². The standard InChI is InChI=1S/C49H91NO6/c1-5-7-9-11-12-13-14-15-16-17-18-19-23-26-29-34-42-52-45-47(56-49(51)54-44-36-41-50(3)4)39-32-28-25-22-20-21-24-27-31-38-46(37-30-10-8-6-2)55-48-40-33-35-43-53-48/h12-13,15-16,27,31,46-48H,5-11,14,17-26,28-30,32-45H2,1-4H3/b13-12-,16-15-,31-27-/t46-,47?,48?/m1/s1. The molecule has 2 unspecified atom stereocenters. The number of unbranched alkanes of at least 4 members (excludes halogenated alkanes) is 18. The van der Waals surface area contributed by atoms with Gasteiger partial charge >= 0.3 is 6.16 Å². The lowest BCUT2D eigenvalue weighted by atomic mass is 10.0. The number of rotatable bonds is 40. The van der Waals surface area contributed by atoms with Gasteiger partial charge in [-0.05, 0) is 117 Å². The maximum Gasteiger partial charge on any atom is 0.508 e. The molecule has 1 saturated heterocycles. The van der Waals surface area contributed by atoms with Crippen molar-refractivity contribution in [3.8, 4) is 0 Å². The first-order chi connectivity index (χ1) is 27.5. The molecule has 0 aromatic heterocycles. The molecule has 0 aromatic rings. The summed E-state index contributed by atoms with van der Waals surface area (Å²) in [4.78, 5) is 14.5. The van der Waals surface area contributed by atoms with Crippen molar-refractivity contribution in [2.75, 3.05) is 47.1 Å². The molecule has 328 valence electrons. The first-order valence-corrected chi connectivity index (χ1v) is 23.8. The number of nitrogens with zero attached hydrogens (tertiary/aromatic N) is 1. The van der Waals surface area contributed by atoms with Gasteiger partial charge in [0.1, 0.15) is 6.10 Å². The summed E-state index contributed by atoms with van der Waals surface area (Å²) in [6.07, 6.45) is 48.9. The molecule has 56 heavy (non-hydrogen) atoms. The van der Waals surface area contributed by atoms with E-state index in [0.29, 0.717) is 13.2 Å². The predicted molar refractivity (Wildman–Crippen MR) is 237 cm³/mol. The zero-order chi connectivity index (χ0) is 40.4. The van der Waals surface area contributed by atoms with Gasteiger partial charge < -0.3 is 28.6 Å². The Hall–Kier alpha value is -1.67. The SMILES string of the molecule is CCCCC/C=C\C/C=C\CCCCCCCCOCC(CCCCCCCC/C=C\C[C@@H](CCCCCC)OC1CCCCO1)OC(=O)OCCCN(C)C. The maximum absolute atomic E-state index is 12.4. The van der Waals surface area contributed by atoms with E-state index in [-0.39, 0.29) is 18.5 Å². The Balaban J connectivity index is 2.21. The van der Waals surface area contributed by atoms with E-state index in [1.807, 2.05) is 14.1 Å². The highest BCUT2D eigenvalue weighted by Gasteiger charge is 2.19. The first-order valence-electron chi connectivity index (χ1n) is 23.8. The normalized spacial score (nSPS) is 16.1. The van der Waals surface area contributed by atoms with E-state index >= 15 is 0 Å². The maximum atomic E-state index is 12.4. The van der Waals surface area contributed by atoms with Crippen molar-refractivity contribution in [3.63, 3.8) is 0 Å². The monoisotopic (exact) mass is 790 g/mol. The van der Waals surface area contributed by atoms with Crippen LogP contribution in [0.15, 0.2) is 36.5 Å². The second-order valence-electron chi connectivity index (χ2n) is 16.5. The molecule has 1 fully saturated rings. The molecule has 1 aliphatic rings. The van der Waals surface area contributed by atoms with Gasteiger partial charge in [-0.25, -0.2) is 4.79 Å². The Kier molecular flexibility index (Phi) is 38.8. The van der Waals surface area contributed by atoms with Crippen molar-refractivity contribution in [3.05, 3.63) is 36.5 Å². The lowest BCUT2D eigenvalue weighted by Crippen LogP contribution is -2.27. The molecule has 0 bridgehead atoms. The molecule has 0 aromatic carbocycles. The van der Waals surface area contributed by atoms with Gasteiger partial charge in [-0.2, -0.15) is 0 Å². The molecule has 7 heteroatoms. The van der Waals surface area contributed by atoms with Crippen LogP contribution in [0.25, 0.3) is 0 Å². The highest BCUT2D eigenvalue weighted by atomic mass is 16.7. The van der Waals surface area contributed by atoms with Crippen LogP contribution in [0, 0.1) is 0 Å². The van der Waals surface area contributed by atoms with E-state index in [1.54, 1.807) is 0 Å². The average molecular weight is 790 g/mol. The molecule has 0 N–H and O–H groups in total. The van der Waals surface area contributed by atoms with Crippen LogP contribution in [-0.2, 0) is 23.7 Å². The van der Waals surface area contributed by atoms with Crippen LogP contribution in [0.5, 0.6) is 0 Å². The van der Waals surface area contributed by atoms with Crippen LogP contribution >= 0.6 is 0 Å². The third-order valence-corrected chi connectivity index (χ3v) is 10.6. The Morgan fingerprint density at radius 2 is 1.21 bits per heavy atom. The Morgan fingerprint density at radius 3 is 1.86 bits per heavy atom. The van der Waals surface area contributed by atoms with Gasteiger partial charge in [0.15, 0.2) is 6.29 Å². The number of carbonyl (C=O) groups is 1. The molecule has 0 spiro atoms. The summed E-state index contributed by atoms with van der Waals surface area (Å²) in [7, 11) is 4.05. The van der Waals surface area contributed by atoms with Crippen LogP contribution in [0.4, 0.5) is 4.79 Å². The van der Waals surface area contributed by atoms with E-state index in [0.717, 1.165) is 90.4 Å². The Labute approximate surface area is 347 Å². The lowest BCUT2D eigenvalue weighted by Gasteiger charge is -2.27. The minimum Gasteiger partial charge on any atom is -0.434 e. The van der Waals surface area contributed by atoms with Gasteiger partial charge in [-0.1, -0.05) is 140 Å². The molecule has 1 heterocycles. The molecule has 1 aliphatic heterocycles. The van der Waals surface area contributed by atoms with Crippen molar-refractivity contribution in [1.82, 2.24) is 4.90 Å². The van der Waals surface area contributed by atoms with Crippen molar-refractivity contribution < 1.29 is 28.5 Å². The van der Waals surface area contributed by atoms with Gasteiger partial charge in [0.05, 0.1) is 19.3 Å². The summed E-state index contributed by atoms with van der Waals surface area (Å²) in [5.41, 5.74) is 0. The highest BCUT2D eigenvalue weighted by Crippen LogP contribution is 2.21. The fraction of sp³-hybridized carbons (Fsp3) is 0.857. The smallest absolute Gasteiger partial charge is 0.434 e. The third-order valence-electron chi connectivity index (χ3n) is 10.6. The number of carbonyl (C=O) groups excluding carboxylic acids is 1. The summed E-state index contributed by atoms with van der Waals surface area (Å²) < 4.78 is 29.4. The quantitative estimate of drug-likeness (QED) is 0.0348. The van der Waals surface area contributed by atoms with Gasteiger partial charge in [-0.3, -0.25) is 0 Å². The average Bonchev–Trinajstić information content (AvgIpc) is 3.19. The second kappa shape index (κ2) is 41.5. The number of hydrogen-bond donors (Lipinski definition) is 0. The summed E-state index contributed by atoms with van der Waals surface area (Å²) in [5.74, 6) is 0. The molecular formula is C49H91NO6. The van der Waals surface area contributed by atoms with Crippen LogP contribution < -0.4 is 0 Å². The van der Waals surface area contributed by atoms with Crippen molar-refractivity contribution in [1.29, 1.82) is 0 Å². The zero-order valence-electron chi connectivity index (χ0n) is 37.3. The van der Waals surface area contributed by atoms with Crippen LogP contribution in [0.2, 0.25) is 0 Å². The lowest BCUT2D eigenvalue weighted by molar-refractivity contribution is -0.188. The molecule has 3 atom stereocenters. The first kappa shape index (κ1) is 52.3. The van der Waals surface area contributed by atoms with Gasteiger partial charge in [0.25, 0.3) is 0 Å². The predicted octanol–water partition coefficient (Wildman–Crippen LogP) is 14.2. The fourth-order valence-corrected chi connectivity index (χ4v) is 7.07. The minimum atomic E-state index is -0.559. The molecule has 0 radical (unpaired) electrons. The molecule has 0 amide bonds. The van der Waals surface area contributed by atoms with Crippen molar-refractivity contribution in [2.45, 2.75) is 225 Å². The molecule has 7 nitrogen and oxygen atoms in total. The van der Waals surface area contributed by atoms with Gasteiger partial charge in [-0.15, -0.1) is 0 Å². The summed E-state index contributed by atoms with van der Waals surface area (Å²) in [6, 6.07) is 0. The van der Waals surface area contributed by atoms with Crippen LogP contribution in [-0.4, -0.2) is 76.6 Å². The highest BCUT2D eigenvalue weighted by molar-refractivity contribution is 5.60. The van der Waals surface area contributed by atoms with Crippen molar-refractivity contribution >= 4 is 6.16 Å². The zero-order valence-corrected chi connectivity index (χ0v) is 37.3. The topological polar surface area (TPSA) is 66.5 Å². The van der Waals surface area contributed by atoms with Gasteiger partial charge in [0, 0.05) is 19.8 Å². The Bertz CT molecular complexity index is 914. The van der Waals surface area contributed by atoms with Crippen LogP contribution in [0.3, 0.4) is 0 Å². The Morgan fingerprint density at radius 1 is 0.643 bits per heavy atom. The third kappa shape index (κ3) is 36.7. The van der Waals surface area contributed by atoms with Gasteiger partial charge in [0.2, 0.25) is 0 Å². The van der Waals surface area contributed by atoms with E-state index in [1.165, 1.54) is 122 Å². The van der Waals surface area contributed by atoms with E-state index in [9.17, 15) is 4.79 Å². The molecular weight excluding hydrogens is 699 g/mol.